The van der Waals surface area contributed by atoms with E-state index in [0.29, 0.717) is 67.8 Å². The summed E-state index contributed by atoms with van der Waals surface area (Å²) < 4.78 is 4.94. The average molecular weight is 1010 g/mol. The van der Waals surface area contributed by atoms with Gasteiger partial charge >= 0.3 is 0 Å². The molecule has 378 valence electrons. The zero-order valence-corrected chi connectivity index (χ0v) is 42.3. The lowest BCUT2D eigenvalue weighted by Gasteiger charge is -2.34. The number of benzene rings is 6. The van der Waals surface area contributed by atoms with Crippen molar-refractivity contribution in [1.82, 2.24) is 40.0 Å². The maximum Gasteiger partial charge on any atom is 0.196 e. The van der Waals surface area contributed by atoms with E-state index in [1.54, 1.807) is 66.7 Å². The molecule has 6 aromatic carbocycles. The summed E-state index contributed by atoms with van der Waals surface area (Å²) in [6, 6.07) is 42.3. The third-order valence-electron chi connectivity index (χ3n) is 14.2. The fourth-order valence-electron chi connectivity index (χ4n) is 10.2. The molecule has 8 aromatic rings. The summed E-state index contributed by atoms with van der Waals surface area (Å²) in [5.74, 6) is 1.51. The summed E-state index contributed by atoms with van der Waals surface area (Å²) in [5, 5.41) is 3.36. The van der Waals surface area contributed by atoms with Crippen LogP contribution in [-0.4, -0.2) is 136 Å². The van der Waals surface area contributed by atoms with Gasteiger partial charge in [0.2, 0.25) is 0 Å². The molecule has 13 nitrogen and oxygen atoms in total. The molecule has 0 spiro atoms. The van der Waals surface area contributed by atoms with E-state index in [9.17, 15) is 19.2 Å². The Balaban J connectivity index is 0.000000133. The first-order chi connectivity index (χ1) is 36.3. The van der Waals surface area contributed by atoms with Crippen molar-refractivity contribution in [1.29, 1.82) is 0 Å². The molecule has 2 aliphatic carbocycles. The normalized spacial score (nSPS) is 16.5. The molecule has 74 heavy (non-hydrogen) atoms. The van der Waals surface area contributed by atoms with E-state index >= 15 is 0 Å². The molecular formula is C60H61ClN8O5. The number of nitrogens with one attached hydrogen (secondary N) is 3. The number of aromatic amines is 2. The number of nitrogens with zero attached hydrogens (tertiary/aromatic N) is 5. The van der Waals surface area contributed by atoms with Crippen LogP contribution in [0.25, 0.3) is 22.1 Å². The Labute approximate surface area is 436 Å². The molecule has 5 aliphatic rings. The van der Waals surface area contributed by atoms with E-state index in [1.165, 1.54) is 37.1 Å². The smallest absolute Gasteiger partial charge is 0.196 e. The minimum atomic E-state index is -0.153. The van der Waals surface area contributed by atoms with Gasteiger partial charge in [-0.25, -0.2) is 9.97 Å². The predicted octanol–water partition coefficient (Wildman–Crippen LogP) is 8.71. The highest BCUT2D eigenvalue weighted by molar-refractivity contribution is 6.32. The van der Waals surface area contributed by atoms with Crippen molar-refractivity contribution < 1.29 is 23.9 Å². The highest BCUT2D eigenvalue weighted by atomic mass is 35.5. The second-order valence-corrected chi connectivity index (χ2v) is 19.5. The van der Waals surface area contributed by atoms with Crippen LogP contribution in [0.1, 0.15) is 99.3 Å². The van der Waals surface area contributed by atoms with Crippen LogP contribution in [-0.2, 0) is 30.7 Å². The van der Waals surface area contributed by atoms with Crippen LogP contribution in [0.3, 0.4) is 0 Å². The van der Waals surface area contributed by atoms with Gasteiger partial charge in [-0.1, -0.05) is 109 Å². The molecule has 3 fully saturated rings. The third kappa shape index (κ3) is 11.5. The molecular weight excluding hydrogens is 948 g/mol. The van der Waals surface area contributed by atoms with Crippen molar-refractivity contribution in [2.75, 3.05) is 78.0 Å². The van der Waals surface area contributed by atoms with Crippen molar-refractivity contribution in [3.8, 4) is 0 Å². The number of carbonyl (C=O) groups excluding carboxylic acids is 4. The molecule has 3 saturated heterocycles. The summed E-state index contributed by atoms with van der Waals surface area (Å²) in [7, 11) is 0. The Morgan fingerprint density at radius 3 is 1.32 bits per heavy atom. The lowest BCUT2D eigenvalue weighted by molar-refractivity contribution is 0.0980. The van der Waals surface area contributed by atoms with Crippen molar-refractivity contribution >= 4 is 56.8 Å². The van der Waals surface area contributed by atoms with Gasteiger partial charge in [-0.15, -0.1) is 11.6 Å². The summed E-state index contributed by atoms with van der Waals surface area (Å²) in [6.07, 6.45) is 3.92. The number of fused-ring (bicyclic) bond motifs is 8. The number of hydrogen-bond acceptors (Lipinski definition) is 11. The fourth-order valence-corrected chi connectivity index (χ4v) is 10.4. The maximum absolute atomic E-state index is 13.2. The first kappa shape index (κ1) is 50.6. The summed E-state index contributed by atoms with van der Waals surface area (Å²) in [6.45, 7) is 13.8. The van der Waals surface area contributed by atoms with E-state index in [0.717, 1.165) is 101 Å². The van der Waals surface area contributed by atoms with E-state index in [1.807, 2.05) is 6.07 Å². The number of hydrogen-bond donors (Lipinski definition) is 3. The molecule has 14 heteroatoms. The number of aromatic nitrogens is 4. The van der Waals surface area contributed by atoms with Crippen molar-refractivity contribution in [3.05, 3.63) is 201 Å². The van der Waals surface area contributed by atoms with Gasteiger partial charge in [0.25, 0.3) is 0 Å². The number of halogens is 1. The van der Waals surface area contributed by atoms with Gasteiger partial charge < -0.3 is 24.9 Å². The van der Waals surface area contributed by atoms with Gasteiger partial charge in [0, 0.05) is 137 Å². The quantitative estimate of drug-likeness (QED) is 0.119. The molecule has 0 amide bonds. The van der Waals surface area contributed by atoms with Crippen molar-refractivity contribution in [3.63, 3.8) is 0 Å². The minimum absolute atomic E-state index is 0.106. The topological polar surface area (TPSA) is 157 Å². The zero-order chi connectivity index (χ0) is 50.8. The Morgan fingerprint density at radius 2 is 0.878 bits per heavy atom. The second-order valence-electron chi connectivity index (χ2n) is 19.2. The highest BCUT2D eigenvalue weighted by Crippen LogP contribution is 2.33. The molecule has 0 unspecified atom stereocenters. The number of rotatable bonds is 9. The lowest BCUT2D eigenvalue weighted by Crippen LogP contribution is -2.46. The Hall–Kier alpha value is -6.97. The Bertz CT molecular complexity index is 3260. The van der Waals surface area contributed by atoms with Gasteiger partial charge in [-0.05, 0) is 48.2 Å². The summed E-state index contributed by atoms with van der Waals surface area (Å²) in [5.41, 5.74) is 9.00. The van der Waals surface area contributed by atoms with Gasteiger partial charge in [0.05, 0.1) is 22.2 Å². The molecule has 0 radical (unpaired) electrons. The van der Waals surface area contributed by atoms with Gasteiger partial charge in [0.1, 0.15) is 22.7 Å². The van der Waals surface area contributed by atoms with Crippen molar-refractivity contribution in [2.24, 2.45) is 0 Å². The van der Waals surface area contributed by atoms with Crippen LogP contribution < -0.4 is 5.32 Å². The van der Waals surface area contributed by atoms with Gasteiger partial charge in [-0.3, -0.25) is 29.0 Å². The molecule has 3 N–H and O–H groups in total. The second kappa shape index (κ2) is 23.9. The number of alkyl halides is 1. The Kier molecular flexibility index (Phi) is 16.3. The van der Waals surface area contributed by atoms with Gasteiger partial charge in [-0.2, -0.15) is 0 Å². The highest BCUT2D eigenvalue weighted by Gasteiger charge is 2.33. The monoisotopic (exact) mass is 1010 g/mol. The Morgan fingerprint density at radius 1 is 0.459 bits per heavy atom. The van der Waals surface area contributed by atoms with E-state index in [4.69, 9.17) is 21.3 Å². The third-order valence-corrected chi connectivity index (χ3v) is 14.4. The van der Waals surface area contributed by atoms with Crippen molar-refractivity contribution in [2.45, 2.75) is 38.8 Å². The van der Waals surface area contributed by atoms with Crippen LogP contribution in [0, 0.1) is 0 Å². The summed E-state index contributed by atoms with van der Waals surface area (Å²) in [4.78, 5) is 74.8. The van der Waals surface area contributed by atoms with Crippen LogP contribution in [0.2, 0.25) is 0 Å². The number of H-pyrrole nitrogens is 2. The largest absolute Gasteiger partial charge is 0.381 e. The van der Waals surface area contributed by atoms with Gasteiger partial charge in [0.15, 0.2) is 23.1 Å². The lowest BCUT2D eigenvalue weighted by atomic mass is 9.83. The van der Waals surface area contributed by atoms with Crippen LogP contribution in [0.5, 0.6) is 0 Å². The SMILES string of the molecule is C1CCOC1.O=C1c2ccccc2C(=O)c2c1ccc1[nH]c(CCCl)nc21.O=C1c2ccccc2C(=O)c2c1ccc1[nH]c(CCN3CCN(Cc4ccccc4)CC3)nc21.c1ccc(CN2CCNCC2)cc1. The van der Waals surface area contributed by atoms with E-state index < -0.39 is 0 Å². The number of ether oxygens (including phenoxy) is 1. The molecule has 13 rings (SSSR count). The first-order valence-corrected chi connectivity index (χ1v) is 26.4. The van der Waals surface area contributed by atoms with E-state index in [2.05, 4.69) is 95.6 Å². The van der Waals surface area contributed by atoms with E-state index in [-0.39, 0.29) is 23.1 Å². The number of aryl methyl sites for hydroxylation is 1. The summed E-state index contributed by atoms with van der Waals surface area (Å²) >= 11 is 5.74. The standard InChI is InChI=1S/C28H26N4O2.C17H11ClN2O2.C11H16N2.C4H8O/c33-27-20-8-4-5-9-21(20)28(34)25-22(27)10-11-23-26(25)30-24(29-23)12-13-31-14-16-32(17-15-31)18-19-6-2-1-3-7-19;18-8-7-13-19-12-6-5-11-14(15(12)20-13)17(22)10-4-2-1-3-9(10)16(11)21;1-2-4-11(5-3-1)10-13-8-6-12-7-9-13;1-2-4-5-3-1/h1-11H,12-18H2,(H,29,30);1-6H,7-8H2,(H,19,20);1-5,12H,6-10H2;1-4H2. The number of piperazine rings is 2. The van der Waals surface area contributed by atoms with Crippen LogP contribution in [0.15, 0.2) is 133 Å². The first-order valence-electron chi connectivity index (χ1n) is 25.8. The molecule has 0 bridgehead atoms. The molecule has 2 aromatic heterocycles. The molecule has 5 heterocycles. The average Bonchev–Trinajstić information content (AvgIpc) is 4.27. The molecule has 3 aliphatic heterocycles. The fraction of sp³-hybridized carbons (Fsp3) is 0.300. The van der Waals surface area contributed by atoms with Crippen LogP contribution in [0.4, 0.5) is 0 Å². The number of carbonyl (C=O) groups is 4. The molecule has 0 saturated carbocycles. The maximum atomic E-state index is 13.2. The number of imidazole rings is 2. The minimum Gasteiger partial charge on any atom is -0.381 e. The number of ketones is 4. The molecule has 0 atom stereocenters. The predicted molar refractivity (Wildman–Crippen MR) is 290 cm³/mol. The zero-order valence-electron chi connectivity index (χ0n) is 41.6. The van der Waals surface area contributed by atoms with Crippen LogP contribution >= 0.6 is 11.6 Å².